The summed E-state index contributed by atoms with van der Waals surface area (Å²) >= 11 is 0. The Morgan fingerprint density at radius 3 is 2.80 bits per heavy atom. The van der Waals surface area contributed by atoms with Gasteiger partial charge in [0.25, 0.3) is 5.69 Å². The summed E-state index contributed by atoms with van der Waals surface area (Å²) < 4.78 is 0. The Morgan fingerprint density at radius 2 is 2.25 bits per heavy atom. The summed E-state index contributed by atoms with van der Waals surface area (Å²) in [6, 6.07) is 3.10. The first-order valence-electron chi connectivity index (χ1n) is 6.05. The molecule has 0 fully saturated rings. The number of rotatable bonds is 5. The van der Waals surface area contributed by atoms with E-state index >= 15 is 0 Å². The summed E-state index contributed by atoms with van der Waals surface area (Å²) in [7, 11) is 1.87. The molecule has 1 N–H and O–H groups in total. The Labute approximate surface area is 115 Å². The van der Waals surface area contributed by atoms with Gasteiger partial charge < -0.3 is 4.90 Å². The van der Waals surface area contributed by atoms with E-state index in [4.69, 9.17) is 0 Å². The van der Waals surface area contributed by atoms with E-state index in [1.807, 2.05) is 18.9 Å². The molecule has 0 aliphatic rings. The Balaban J connectivity index is 2.11. The van der Waals surface area contributed by atoms with E-state index in [2.05, 4.69) is 25.6 Å². The predicted molar refractivity (Wildman–Crippen MR) is 71.5 cm³/mol. The maximum atomic E-state index is 10.8. The average Bonchev–Trinajstić information content (AvgIpc) is 2.91. The Morgan fingerprint density at radius 1 is 1.50 bits per heavy atom. The molecule has 0 saturated carbocycles. The largest absolute Gasteiger partial charge is 0.359 e. The van der Waals surface area contributed by atoms with Gasteiger partial charge in [0, 0.05) is 25.6 Å². The molecule has 9 heteroatoms. The van der Waals surface area contributed by atoms with Crippen molar-refractivity contribution >= 4 is 11.5 Å². The smallest absolute Gasteiger partial charge is 0.290 e. The third kappa shape index (κ3) is 2.87. The lowest BCUT2D eigenvalue weighted by molar-refractivity contribution is -0.385. The molecule has 2 aromatic heterocycles. The minimum atomic E-state index is -0.436. The molecule has 0 saturated heterocycles. The second kappa shape index (κ2) is 5.59. The standard InChI is InChI=1S/C11H15N7O2/c1-7(11-13-15-16-14-11)6-17(3)10-5-4-9(18(19)20)8(2)12-10/h4-5,7H,6H2,1-3H3,(H,13,14,15,16)/t7-/m0/s1. The molecule has 0 unspecified atom stereocenters. The molecule has 2 rings (SSSR count). The van der Waals surface area contributed by atoms with Crippen LogP contribution in [0.25, 0.3) is 0 Å². The molecule has 0 aromatic carbocycles. The molecule has 0 aliphatic carbocycles. The predicted octanol–water partition coefficient (Wildman–Crippen LogP) is 1.05. The summed E-state index contributed by atoms with van der Waals surface area (Å²) in [6.45, 7) is 4.22. The molecule has 106 valence electrons. The van der Waals surface area contributed by atoms with Crippen LogP contribution in [0.4, 0.5) is 11.5 Å². The number of H-pyrrole nitrogens is 1. The van der Waals surface area contributed by atoms with Gasteiger partial charge in [-0.25, -0.2) is 4.98 Å². The summed E-state index contributed by atoms with van der Waals surface area (Å²) in [6.07, 6.45) is 0. The lowest BCUT2D eigenvalue weighted by atomic mass is 10.1. The fourth-order valence-corrected chi connectivity index (χ4v) is 1.91. The van der Waals surface area contributed by atoms with Gasteiger partial charge in [0.1, 0.15) is 11.5 Å². The molecule has 2 aromatic rings. The van der Waals surface area contributed by atoms with Crippen LogP contribution in [0.3, 0.4) is 0 Å². The van der Waals surface area contributed by atoms with Crippen LogP contribution in [0.5, 0.6) is 0 Å². The second-order valence-electron chi connectivity index (χ2n) is 4.58. The van der Waals surface area contributed by atoms with Crippen LogP contribution in [0.15, 0.2) is 12.1 Å². The number of likely N-dealkylation sites (N-methyl/N-ethyl adjacent to an activating group) is 1. The number of aromatic nitrogens is 5. The van der Waals surface area contributed by atoms with E-state index in [0.29, 0.717) is 23.9 Å². The molecule has 20 heavy (non-hydrogen) atoms. The molecule has 0 amide bonds. The summed E-state index contributed by atoms with van der Waals surface area (Å²) in [5, 5.41) is 24.6. The van der Waals surface area contributed by atoms with Crippen LogP contribution in [0, 0.1) is 17.0 Å². The Hall–Kier alpha value is -2.58. The third-order valence-electron chi connectivity index (χ3n) is 2.98. The zero-order valence-corrected chi connectivity index (χ0v) is 11.4. The van der Waals surface area contributed by atoms with Crippen molar-refractivity contribution in [2.75, 3.05) is 18.5 Å². The molecule has 9 nitrogen and oxygen atoms in total. The third-order valence-corrected chi connectivity index (χ3v) is 2.98. The number of aromatic amines is 1. The number of anilines is 1. The molecular weight excluding hydrogens is 262 g/mol. The molecule has 0 radical (unpaired) electrons. The van der Waals surface area contributed by atoms with E-state index in [0.717, 1.165) is 0 Å². The van der Waals surface area contributed by atoms with Crippen molar-refractivity contribution in [3.05, 3.63) is 33.8 Å². The van der Waals surface area contributed by atoms with Gasteiger partial charge in [-0.1, -0.05) is 12.1 Å². The topological polar surface area (TPSA) is 114 Å². The molecule has 0 bridgehead atoms. The van der Waals surface area contributed by atoms with Crippen LogP contribution in [0.2, 0.25) is 0 Å². The highest BCUT2D eigenvalue weighted by Gasteiger charge is 2.17. The highest BCUT2D eigenvalue weighted by molar-refractivity contribution is 5.46. The van der Waals surface area contributed by atoms with Crippen LogP contribution in [0.1, 0.15) is 24.4 Å². The number of pyridine rings is 1. The Kier molecular flexibility index (Phi) is 3.87. The number of nitrogens with zero attached hydrogens (tertiary/aromatic N) is 6. The minimum absolute atomic E-state index is 0.0216. The molecular formula is C11H15N7O2. The second-order valence-corrected chi connectivity index (χ2v) is 4.58. The van der Waals surface area contributed by atoms with Gasteiger partial charge in [0.05, 0.1) is 4.92 Å². The van der Waals surface area contributed by atoms with Gasteiger partial charge >= 0.3 is 0 Å². The van der Waals surface area contributed by atoms with Crippen molar-refractivity contribution in [2.24, 2.45) is 0 Å². The summed E-state index contributed by atoms with van der Waals surface area (Å²) in [5.74, 6) is 1.36. The normalized spacial score (nSPS) is 12.2. The molecule has 0 aliphatic heterocycles. The van der Waals surface area contributed by atoms with Crippen molar-refractivity contribution in [3.63, 3.8) is 0 Å². The highest BCUT2D eigenvalue weighted by atomic mass is 16.6. The van der Waals surface area contributed by atoms with E-state index in [9.17, 15) is 10.1 Å². The first-order valence-corrected chi connectivity index (χ1v) is 6.05. The lowest BCUT2D eigenvalue weighted by Crippen LogP contribution is -2.24. The minimum Gasteiger partial charge on any atom is -0.359 e. The van der Waals surface area contributed by atoms with Crippen LogP contribution < -0.4 is 4.90 Å². The van der Waals surface area contributed by atoms with Crippen molar-refractivity contribution in [1.29, 1.82) is 0 Å². The molecule has 0 spiro atoms. The maximum Gasteiger partial charge on any atom is 0.290 e. The SMILES string of the molecule is Cc1nc(N(C)C[C@H](C)c2nn[nH]n2)ccc1[N+](=O)[O-]. The van der Waals surface area contributed by atoms with Crippen molar-refractivity contribution in [3.8, 4) is 0 Å². The quantitative estimate of drug-likeness (QED) is 0.641. The van der Waals surface area contributed by atoms with Crippen LogP contribution >= 0.6 is 0 Å². The monoisotopic (exact) mass is 277 g/mol. The van der Waals surface area contributed by atoms with Gasteiger partial charge in [-0.3, -0.25) is 10.1 Å². The summed E-state index contributed by atoms with van der Waals surface area (Å²) in [4.78, 5) is 16.5. The van der Waals surface area contributed by atoms with Gasteiger partial charge in [-0.05, 0) is 13.0 Å². The average molecular weight is 277 g/mol. The maximum absolute atomic E-state index is 10.8. The Bertz CT molecular complexity index is 599. The first kappa shape index (κ1) is 13.8. The van der Waals surface area contributed by atoms with E-state index in [1.165, 1.54) is 6.07 Å². The molecule has 2 heterocycles. The van der Waals surface area contributed by atoms with E-state index < -0.39 is 4.92 Å². The van der Waals surface area contributed by atoms with Gasteiger partial charge in [-0.15, -0.1) is 10.2 Å². The number of hydrogen-bond donors (Lipinski definition) is 1. The number of hydrogen-bond acceptors (Lipinski definition) is 7. The zero-order valence-electron chi connectivity index (χ0n) is 11.4. The van der Waals surface area contributed by atoms with Gasteiger partial charge in [0.15, 0.2) is 5.82 Å². The first-order chi connectivity index (χ1) is 9.49. The van der Waals surface area contributed by atoms with Crippen molar-refractivity contribution in [1.82, 2.24) is 25.6 Å². The van der Waals surface area contributed by atoms with E-state index in [-0.39, 0.29) is 11.6 Å². The fraction of sp³-hybridized carbons (Fsp3) is 0.455. The number of nitrogens with one attached hydrogen (secondary N) is 1. The lowest BCUT2D eigenvalue weighted by Gasteiger charge is -2.21. The van der Waals surface area contributed by atoms with E-state index in [1.54, 1.807) is 13.0 Å². The number of nitro groups is 1. The number of aryl methyl sites for hydroxylation is 1. The summed E-state index contributed by atoms with van der Waals surface area (Å²) in [5.41, 5.74) is 0.417. The van der Waals surface area contributed by atoms with Crippen LogP contribution in [-0.2, 0) is 0 Å². The number of tetrazole rings is 1. The van der Waals surface area contributed by atoms with Gasteiger partial charge in [-0.2, -0.15) is 5.21 Å². The van der Waals surface area contributed by atoms with Crippen molar-refractivity contribution in [2.45, 2.75) is 19.8 Å². The van der Waals surface area contributed by atoms with Crippen molar-refractivity contribution < 1.29 is 4.92 Å². The fourth-order valence-electron chi connectivity index (χ4n) is 1.91. The highest BCUT2D eigenvalue weighted by Crippen LogP contribution is 2.21. The zero-order chi connectivity index (χ0) is 14.7. The van der Waals surface area contributed by atoms with Gasteiger partial charge in [0.2, 0.25) is 0 Å². The van der Waals surface area contributed by atoms with Crippen LogP contribution in [-0.4, -0.2) is 44.1 Å². The molecule has 1 atom stereocenters.